The zero-order valence-electron chi connectivity index (χ0n) is 12.5. The lowest BCUT2D eigenvalue weighted by Crippen LogP contribution is -2.14. The molecule has 0 saturated carbocycles. The lowest BCUT2D eigenvalue weighted by atomic mass is 10.1. The van der Waals surface area contributed by atoms with Gasteiger partial charge in [0.2, 0.25) is 0 Å². The van der Waals surface area contributed by atoms with E-state index in [0.717, 1.165) is 0 Å². The molecule has 0 atom stereocenters. The van der Waals surface area contributed by atoms with Gasteiger partial charge in [0.25, 0.3) is 5.91 Å². The highest BCUT2D eigenvalue weighted by atomic mass is 16.2. The van der Waals surface area contributed by atoms with Crippen molar-refractivity contribution in [1.29, 1.82) is 0 Å². The van der Waals surface area contributed by atoms with Crippen LogP contribution in [0.2, 0.25) is 0 Å². The number of aromatic nitrogens is 4. The molecule has 3 rings (SSSR count). The van der Waals surface area contributed by atoms with Crippen LogP contribution in [0.1, 0.15) is 21.6 Å². The first-order valence-electron chi connectivity index (χ1n) is 7.01. The maximum atomic E-state index is 12.0. The Morgan fingerprint density at radius 2 is 1.95 bits per heavy atom. The summed E-state index contributed by atoms with van der Waals surface area (Å²) in [5, 5.41) is 11.2. The summed E-state index contributed by atoms with van der Waals surface area (Å²) >= 11 is 0. The highest BCUT2D eigenvalue weighted by molar-refractivity contribution is 6.02. The SMILES string of the molecule is Cc1ccccc1Cn1ccc(NC(=O)c2ccn(C)n2)n1. The van der Waals surface area contributed by atoms with Gasteiger partial charge in [0.05, 0.1) is 6.54 Å². The van der Waals surface area contributed by atoms with Crippen molar-refractivity contribution in [2.24, 2.45) is 7.05 Å². The van der Waals surface area contributed by atoms with E-state index in [-0.39, 0.29) is 5.91 Å². The number of benzene rings is 1. The predicted octanol–water partition coefficient (Wildman–Crippen LogP) is 2.23. The third kappa shape index (κ3) is 3.06. The molecule has 0 aliphatic carbocycles. The van der Waals surface area contributed by atoms with E-state index in [1.807, 2.05) is 18.3 Å². The van der Waals surface area contributed by atoms with Gasteiger partial charge in [-0.25, -0.2) is 0 Å². The minimum Gasteiger partial charge on any atom is -0.304 e. The molecule has 0 unspecified atom stereocenters. The van der Waals surface area contributed by atoms with Crippen molar-refractivity contribution in [2.75, 3.05) is 5.32 Å². The Labute approximate surface area is 128 Å². The van der Waals surface area contributed by atoms with Crippen molar-refractivity contribution < 1.29 is 4.79 Å². The topological polar surface area (TPSA) is 64.7 Å². The molecule has 112 valence electrons. The second-order valence-electron chi connectivity index (χ2n) is 5.15. The predicted molar refractivity (Wildman–Crippen MR) is 83.7 cm³/mol. The number of carbonyl (C=O) groups is 1. The average molecular weight is 295 g/mol. The summed E-state index contributed by atoms with van der Waals surface area (Å²) in [5.41, 5.74) is 2.79. The molecule has 1 N–H and O–H groups in total. The van der Waals surface area contributed by atoms with Gasteiger partial charge in [-0.1, -0.05) is 24.3 Å². The first-order chi connectivity index (χ1) is 10.6. The Kier molecular flexibility index (Phi) is 3.74. The van der Waals surface area contributed by atoms with Gasteiger partial charge in [0.1, 0.15) is 0 Å². The van der Waals surface area contributed by atoms with Crippen molar-refractivity contribution in [3.05, 3.63) is 65.6 Å². The molecular weight excluding hydrogens is 278 g/mol. The third-order valence-corrected chi connectivity index (χ3v) is 3.42. The van der Waals surface area contributed by atoms with Crippen LogP contribution in [0.25, 0.3) is 0 Å². The minimum atomic E-state index is -0.262. The smallest absolute Gasteiger partial charge is 0.277 e. The summed E-state index contributed by atoms with van der Waals surface area (Å²) in [4.78, 5) is 12.0. The zero-order valence-corrected chi connectivity index (χ0v) is 12.5. The summed E-state index contributed by atoms with van der Waals surface area (Å²) in [6, 6.07) is 11.6. The Hall–Kier alpha value is -2.89. The van der Waals surface area contributed by atoms with Gasteiger partial charge in [-0.3, -0.25) is 14.2 Å². The molecule has 1 aromatic carbocycles. The van der Waals surface area contributed by atoms with E-state index in [0.29, 0.717) is 18.1 Å². The number of nitrogens with one attached hydrogen (secondary N) is 1. The van der Waals surface area contributed by atoms with Crippen molar-refractivity contribution in [1.82, 2.24) is 19.6 Å². The number of amides is 1. The van der Waals surface area contributed by atoms with Crippen LogP contribution in [0.4, 0.5) is 5.82 Å². The van der Waals surface area contributed by atoms with Crippen LogP contribution in [0.5, 0.6) is 0 Å². The second-order valence-corrected chi connectivity index (χ2v) is 5.15. The molecule has 22 heavy (non-hydrogen) atoms. The van der Waals surface area contributed by atoms with Gasteiger partial charge in [0.15, 0.2) is 11.5 Å². The highest BCUT2D eigenvalue weighted by Crippen LogP contribution is 2.11. The molecule has 2 aromatic heterocycles. The number of rotatable bonds is 4. The lowest BCUT2D eigenvalue weighted by Gasteiger charge is -2.05. The van der Waals surface area contributed by atoms with Gasteiger partial charge in [-0.2, -0.15) is 10.2 Å². The summed E-state index contributed by atoms with van der Waals surface area (Å²) in [6.45, 7) is 2.74. The largest absolute Gasteiger partial charge is 0.304 e. The maximum absolute atomic E-state index is 12.0. The lowest BCUT2D eigenvalue weighted by molar-refractivity contribution is 0.102. The average Bonchev–Trinajstić information content (AvgIpc) is 3.11. The number of carbonyl (C=O) groups excluding carboxylic acids is 1. The second kappa shape index (κ2) is 5.85. The summed E-state index contributed by atoms with van der Waals surface area (Å²) in [6.07, 6.45) is 3.58. The zero-order chi connectivity index (χ0) is 15.5. The van der Waals surface area contributed by atoms with Crippen molar-refractivity contribution in [3.8, 4) is 0 Å². The van der Waals surface area contributed by atoms with E-state index in [1.165, 1.54) is 11.1 Å². The standard InChI is InChI=1S/C16H17N5O/c1-12-5-3-4-6-13(12)11-21-10-8-15(19-21)17-16(22)14-7-9-20(2)18-14/h3-10H,11H2,1-2H3,(H,17,19,22). The summed E-state index contributed by atoms with van der Waals surface area (Å²) in [5.74, 6) is 0.256. The molecule has 0 aliphatic rings. The minimum absolute atomic E-state index is 0.262. The van der Waals surface area contributed by atoms with E-state index < -0.39 is 0 Å². The van der Waals surface area contributed by atoms with E-state index in [1.54, 1.807) is 34.7 Å². The van der Waals surface area contributed by atoms with E-state index in [9.17, 15) is 4.79 Å². The summed E-state index contributed by atoms with van der Waals surface area (Å²) in [7, 11) is 1.77. The van der Waals surface area contributed by atoms with Crippen molar-refractivity contribution >= 4 is 11.7 Å². The van der Waals surface area contributed by atoms with E-state index in [4.69, 9.17) is 0 Å². The number of hydrogen-bond donors (Lipinski definition) is 1. The number of nitrogens with zero attached hydrogens (tertiary/aromatic N) is 4. The molecule has 0 radical (unpaired) electrons. The quantitative estimate of drug-likeness (QED) is 0.802. The van der Waals surface area contributed by atoms with Gasteiger partial charge < -0.3 is 5.32 Å². The van der Waals surface area contributed by atoms with Gasteiger partial charge in [-0.05, 0) is 24.1 Å². The molecular formula is C16H17N5O. The maximum Gasteiger partial charge on any atom is 0.277 e. The highest BCUT2D eigenvalue weighted by Gasteiger charge is 2.10. The first-order valence-corrected chi connectivity index (χ1v) is 7.01. The molecule has 2 heterocycles. The van der Waals surface area contributed by atoms with Crippen LogP contribution in [0, 0.1) is 6.92 Å². The molecule has 0 aliphatic heterocycles. The van der Waals surface area contributed by atoms with Crippen LogP contribution in [-0.4, -0.2) is 25.5 Å². The molecule has 3 aromatic rings. The van der Waals surface area contributed by atoms with Crippen molar-refractivity contribution in [2.45, 2.75) is 13.5 Å². The van der Waals surface area contributed by atoms with Gasteiger partial charge in [0, 0.05) is 25.5 Å². The van der Waals surface area contributed by atoms with Gasteiger partial charge >= 0.3 is 0 Å². The van der Waals surface area contributed by atoms with Crippen LogP contribution in [0.3, 0.4) is 0 Å². The van der Waals surface area contributed by atoms with Crippen LogP contribution in [-0.2, 0) is 13.6 Å². The number of hydrogen-bond acceptors (Lipinski definition) is 3. The number of anilines is 1. The van der Waals surface area contributed by atoms with Gasteiger partial charge in [-0.15, -0.1) is 0 Å². The van der Waals surface area contributed by atoms with Crippen LogP contribution < -0.4 is 5.32 Å². The Morgan fingerprint density at radius 3 is 2.68 bits per heavy atom. The third-order valence-electron chi connectivity index (χ3n) is 3.42. The summed E-state index contributed by atoms with van der Waals surface area (Å²) < 4.78 is 3.39. The fraction of sp³-hybridized carbons (Fsp3) is 0.188. The monoisotopic (exact) mass is 295 g/mol. The van der Waals surface area contributed by atoms with E-state index in [2.05, 4.69) is 34.6 Å². The van der Waals surface area contributed by atoms with Crippen LogP contribution >= 0.6 is 0 Å². The normalized spacial score (nSPS) is 10.6. The number of aryl methyl sites for hydroxylation is 2. The Morgan fingerprint density at radius 1 is 1.14 bits per heavy atom. The van der Waals surface area contributed by atoms with Crippen molar-refractivity contribution in [3.63, 3.8) is 0 Å². The molecule has 6 nitrogen and oxygen atoms in total. The van der Waals surface area contributed by atoms with E-state index >= 15 is 0 Å². The Bertz CT molecular complexity index is 802. The molecule has 0 saturated heterocycles. The first kappa shape index (κ1) is 14.1. The molecule has 6 heteroatoms. The fourth-order valence-corrected chi connectivity index (χ4v) is 2.19. The molecule has 1 amide bonds. The van der Waals surface area contributed by atoms with Crippen LogP contribution in [0.15, 0.2) is 48.8 Å². The molecule has 0 spiro atoms. The molecule has 0 bridgehead atoms. The molecule has 0 fully saturated rings. The Balaban J connectivity index is 1.69. The fourth-order valence-electron chi connectivity index (χ4n) is 2.19.